The number of carbonyl (C=O) groups is 3. The number of carboxylic acids is 2. The van der Waals surface area contributed by atoms with Gasteiger partial charge in [-0.05, 0) is 17.7 Å². The van der Waals surface area contributed by atoms with Crippen molar-refractivity contribution < 1.29 is 24.6 Å². The summed E-state index contributed by atoms with van der Waals surface area (Å²) >= 11 is 0. The number of aliphatic carboxylic acids is 2. The first-order valence-corrected chi connectivity index (χ1v) is 5.47. The number of nitrogens with two attached hydrogens (primary N) is 1. The molecule has 1 aromatic rings. The predicted octanol–water partition coefficient (Wildman–Crippen LogP) is 0.0542. The fourth-order valence-electron chi connectivity index (χ4n) is 1.45. The zero-order valence-corrected chi connectivity index (χ0v) is 10.00. The normalized spacial score (nSPS) is 11.6. The largest absolute Gasteiger partial charge is 0.481 e. The molecule has 0 aliphatic rings. The Hall–Kier alpha value is -2.41. The second-order valence-corrected chi connectivity index (χ2v) is 3.96. The fourth-order valence-corrected chi connectivity index (χ4v) is 1.45. The molecule has 1 atom stereocenters. The minimum atomic E-state index is -1.16. The van der Waals surface area contributed by atoms with Crippen molar-refractivity contribution in [1.82, 2.24) is 0 Å². The molecular weight excluding hydrogens is 252 g/mol. The van der Waals surface area contributed by atoms with Crippen molar-refractivity contribution in [3.63, 3.8) is 0 Å². The minimum absolute atomic E-state index is 0.162. The number of amides is 1. The zero-order chi connectivity index (χ0) is 14.4. The Morgan fingerprint density at radius 1 is 1.21 bits per heavy atom. The lowest BCUT2D eigenvalue weighted by atomic mass is 10.1. The van der Waals surface area contributed by atoms with Gasteiger partial charge in [-0.15, -0.1) is 0 Å². The molecule has 102 valence electrons. The van der Waals surface area contributed by atoms with E-state index < -0.39 is 30.3 Å². The van der Waals surface area contributed by atoms with Crippen LogP contribution < -0.4 is 11.1 Å². The summed E-state index contributed by atoms with van der Waals surface area (Å²) in [5.74, 6) is -2.77. The van der Waals surface area contributed by atoms with Crippen molar-refractivity contribution in [3.05, 3.63) is 29.8 Å². The first-order chi connectivity index (χ1) is 8.88. The van der Waals surface area contributed by atoms with Gasteiger partial charge < -0.3 is 21.3 Å². The average molecular weight is 266 g/mol. The van der Waals surface area contributed by atoms with Gasteiger partial charge in [-0.25, -0.2) is 0 Å². The lowest BCUT2D eigenvalue weighted by Crippen LogP contribution is -2.37. The maximum Gasteiger partial charge on any atom is 0.307 e. The Balaban J connectivity index is 2.68. The van der Waals surface area contributed by atoms with Crippen LogP contribution in [0.2, 0.25) is 0 Å². The van der Waals surface area contributed by atoms with Gasteiger partial charge in [0, 0.05) is 5.69 Å². The van der Waals surface area contributed by atoms with Gasteiger partial charge in [0.05, 0.1) is 18.9 Å². The molecule has 1 rings (SSSR count). The maximum absolute atomic E-state index is 11.6. The van der Waals surface area contributed by atoms with Crippen LogP contribution in [-0.2, 0) is 20.8 Å². The van der Waals surface area contributed by atoms with Crippen LogP contribution in [0.4, 0.5) is 5.69 Å². The van der Waals surface area contributed by atoms with Gasteiger partial charge in [0.15, 0.2) is 0 Å². The summed E-state index contributed by atoms with van der Waals surface area (Å²) in [6.45, 7) is 0. The van der Waals surface area contributed by atoms with Crippen LogP contribution >= 0.6 is 0 Å². The Labute approximate surface area is 109 Å². The standard InChI is InChI=1S/C12H14N2O5/c13-9(6-11(17)18)12(19)14-8-3-1-2-7(4-8)5-10(15)16/h1-4,9H,5-6,13H2,(H,14,19)(H,15,16)(H,17,18). The van der Waals surface area contributed by atoms with E-state index in [-0.39, 0.29) is 6.42 Å². The Morgan fingerprint density at radius 3 is 2.47 bits per heavy atom. The third-order valence-corrected chi connectivity index (χ3v) is 2.28. The smallest absolute Gasteiger partial charge is 0.307 e. The molecule has 0 bridgehead atoms. The van der Waals surface area contributed by atoms with Gasteiger partial charge in [-0.3, -0.25) is 14.4 Å². The first-order valence-electron chi connectivity index (χ1n) is 5.47. The fraction of sp³-hybridized carbons (Fsp3) is 0.250. The van der Waals surface area contributed by atoms with Crippen LogP contribution in [0.15, 0.2) is 24.3 Å². The molecule has 0 heterocycles. The topological polar surface area (TPSA) is 130 Å². The van der Waals surface area contributed by atoms with Crippen LogP contribution in [0.5, 0.6) is 0 Å². The van der Waals surface area contributed by atoms with Crippen molar-refractivity contribution in [2.75, 3.05) is 5.32 Å². The molecule has 5 N–H and O–H groups in total. The van der Waals surface area contributed by atoms with Gasteiger partial charge in [-0.2, -0.15) is 0 Å². The van der Waals surface area contributed by atoms with E-state index in [2.05, 4.69) is 5.32 Å². The quantitative estimate of drug-likeness (QED) is 0.575. The van der Waals surface area contributed by atoms with E-state index in [4.69, 9.17) is 15.9 Å². The van der Waals surface area contributed by atoms with Crippen molar-refractivity contribution in [3.8, 4) is 0 Å². The van der Waals surface area contributed by atoms with Crippen LogP contribution in [0.1, 0.15) is 12.0 Å². The molecule has 1 aromatic carbocycles. The molecule has 0 radical (unpaired) electrons. The van der Waals surface area contributed by atoms with E-state index in [1.807, 2.05) is 0 Å². The SMILES string of the molecule is NC(CC(=O)O)C(=O)Nc1cccc(CC(=O)O)c1. The molecule has 7 heteroatoms. The second kappa shape index (κ2) is 6.50. The summed E-state index contributed by atoms with van der Waals surface area (Å²) in [6, 6.07) is 5.12. The highest BCUT2D eigenvalue weighted by atomic mass is 16.4. The van der Waals surface area contributed by atoms with E-state index in [1.165, 1.54) is 6.07 Å². The summed E-state index contributed by atoms with van der Waals surface area (Å²) in [5, 5.41) is 19.6. The number of anilines is 1. The summed E-state index contributed by atoms with van der Waals surface area (Å²) in [6.07, 6.45) is -0.633. The molecular formula is C12H14N2O5. The Bertz CT molecular complexity index is 501. The Morgan fingerprint density at radius 2 is 1.89 bits per heavy atom. The molecule has 0 saturated heterocycles. The number of hydrogen-bond donors (Lipinski definition) is 4. The van der Waals surface area contributed by atoms with E-state index >= 15 is 0 Å². The molecule has 0 spiro atoms. The van der Waals surface area contributed by atoms with Gasteiger partial charge in [-0.1, -0.05) is 12.1 Å². The number of rotatable bonds is 6. The number of benzene rings is 1. The average Bonchev–Trinajstić information content (AvgIpc) is 2.27. The van der Waals surface area contributed by atoms with E-state index in [1.54, 1.807) is 18.2 Å². The number of carbonyl (C=O) groups excluding carboxylic acids is 1. The predicted molar refractivity (Wildman–Crippen MR) is 66.6 cm³/mol. The third-order valence-electron chi connectivity index (χ3n) is 2.28. The van der Waals surface area contributed by atoms with Gasteiger partial charge in [0.2, 0.25) is 5.91 Å². The van der Waals surface area contributed by atoms with Crippen LogP contribution in [0.25, 0.3) is 0 Å². The highest BCUT2D eigenvalue weighted by Crippen LogP contribution is 2.11. The number of nitrogens with one attached hydrogen (secondary N) is 1. The monoisotopic (exact) mass is 266 g/mol. The molecule has 19 heavy (non-hydrogen) atoms. The first kappa shape index (κ1) is 14.7. The zero-order valence-electron chi connectivity index (χ0n) is 10.00. The second-order valence-electron chi connectivity index (χ2n) is 3.96. The maximum atomic E-state index is 11.6. The minimum Gasteiger partial charge on any atom is -0.481 e. The summed E-state index contributed by atoms with van der Waals surface area (Å²) in [7, 11) is 0. The summed E-state index contributed by atoms with van der Waals surface area (Å²) in [4.78, 5) is 32.5. The summed E-state index contributed by atoms with van der Waals surface area (Å²) in [5.41, 5.74) is 6.30. The lowest BCUT2D eigenvalue weighted by molar-refractivity contribution is -0.139. The van der Waals surface area contributed by atoms with Crippen molar-refractivity contribution in [2.24, 2.45) is 5.73 Å². The summed E-state index contributed by atoms with van der Waals surface area (Å²) < 4.78 is 0. The lowest BCUT2D eigenvalue weighted by Gasteiger charge is -2.10. The van der Waals surface area contributed by atoms with Crippen LogP contribution in [0, 0.1) is 0 Å². The van der Waals surface area contributed by atoms with E-state index in [0.717, 1.165) is 0 Å². The van der Waals surface area contributed by atoms with Crippen molar-refractivity contribution in [1.29, 1.82) is 0 Å². The number of hydrogen-bond acceptors (Lipinski definition) is 4. The van der Waals surface area contributed by atoms with Crippen molar-refractivity contribution in [2.45, 2.75) is 18.9 Å². The highest BCUT2D eigenvalue weighted by molar-refractivity contribution is 5.96. The third kappa shape index (κ3) is 5.17. The number of carboxylic acid groups (broad SMARTS) is 2. The Kier molecular flexibility index (Phi) is 5.01. The molecule has 0 fully saturated rings. The van der Waals surface area contributed by atoms with Crippen molar-refractivity contribution >= 4 is 23.5 Å². The molecule has 7 nitrogen and oxygen atoms in total. The van der Waals surface area contributed by atoms with E-state index in [0.29, 0.717) is 11.3 Å². The molecule has 0 aromatic heterocycles. The van der Waals surface area contributed by atoms with Crippen LogP contribution in [0.3, 0.4) is 0 Å². The highest BCUT2D eigenvalue weighted by Gasteiger charge is 2.17. The molecule has 1 unspecified atom stereocenters. The van der Waals surface area contributed by atoms with Crippen LogP contribution in [-0.4, -0.2) is 34.1 Å². The van der Waals surface area contributed by atoms with Gasteiger partial charge in [0.25, 0.3) is 0 Å². The molecule has 1 amide bonds. The van der Waals surface area contributed by atoms with E-state index in [9.17, 15) is 14.4 Å². The van der Waals surface area contributed by atoms with Gasteiger partial charge >= 0.3 is 11.9 Å². The van der Waals surface area contributed by atoms with Gasteiger partial charge in [0.1, 0.15) is 0 Å². The molecule has 0 saturated carbocycles. The molecule has 0 aliphatic heterocycles. The molecule has 0 aliphatic carbocycles.